The van der Waals surface area contributed by atoms with Crippen LogP contribution in [0.5, 0.6) is 0 Å². The van der Waals surface area contributed by atoms with Crippen LogP contribution in [0, 0.1) is 10.1 Å². The summed E-state index contributed by atoms with van der Waals surface area (Å²) in [5, 5.41) is 18.8. The van der Waals surface area contributed by atoms with Crippen LogP contribution < -0.4 is 5.32 Å². The molecule has 1 atom stereocenters. The second-order valence-corrected chi connectivity index (χ2v) is 6.43. The lowest BCUT2D eigenvalue weighted by Crippen LogP contribution is -2.08. The molecule has 0 aliphatic rings. The number of hydrogen-bond acceptors (Lipinski definition) is 7. The molecule has 2 aromatic heterocycles. The lowest BCUT2D eigenvalue weighted by atomic mass is 10.1. The number of nitrogens with one attached hydrogen (secondary N) is 1. The third kappa shape index (κ3) is 3.96. The van der Waals surface area contributed by atoms with E-state index in [1.165, 1.54) is 6.07 Å². The van der Waals surface area contributed by atoms with E-state index in [0.717, 1.165) is 5.56 Å². The summed E-state index contributed by atoms with van der Waals surface area (Å²) in [6.07, 6.45) is 3.27. The van der Waals surface area contributed by atoms with Crippen molar-refractivity contribution < 1.29 is 9.45 Å². The molecule has 0 amide bonds. The zero-order valence-electron chi connectivity index (χ0n) is 15.5. The Morgan fingerprint density at radius 2 is 1.90 bits per heavy atom. The highest BCUT2D eigenvalue weighted by atomic mass is 16.6. The molecule has 0 bridgehead atoms. The van der Waals surface area contributed by atoms with Crippen molar-refractivity contribution in [2.75, 3.05) is 5.32 Å². The molecule has 0 aliphatic carbocycles. The third-order valence-electron chi connectivity index (χ3n) is 4.46. The summed E-state index contributed by atoms with van der Waals surface area (Å²) in [4.78, 5) is 19.6. The maximum atomic E-state index is 11.6. The highest BCUT2D eigenvalue weighted by Gasteiger charge is 2.20. The Bertz CT molecular complexity index is 1130. The van der Waals surface area contributed by atoms with E-state index in [1.54, 1.807) is 30.6 Å². The van der Waals surface area contributed by atoms with Crippen LogP contribution in [0.25, 0.3) is 22.8 Å². The summed E-state index contributed by atoms with van der Waals surface area (Å²) >= 11 is 0. The molecule has 2 aromatic carbocycles. The van der Waals surface area contributed by atoms with Crippen molar-refractivity contribution in [3.05, 3.63) is 88.7 Å². The molecule has 0 spiro atoms. The number of anilines is 1. The third-order valence-corrected chi connectivity index (χ3v) is 4.46. The summed E-state index contributed by atoms with van der Waals surface area (Å²) in [5.41, 5.74) is 2.56. The standard InChI is InChI=1S/C21H17N5O3/c1-14(15-6-3-2-4-7-15)23-18-10-9-16(12-19(18)26(27)28)21-24-20(25-29-21)17-8-5-11-22-13-17/h2-14,23H,1H3/t14-/m1/s1. The molecule has 144 valence electrons. The van der Waals surface area contributed by atoms with Crippen LogP contribution in [0.3, 0.4) is 0 Å². The van der Waals surface area contributed by atoms with Crippen LogP contribution in [-0.4, -0.2) is 20.0 Å². The van der Waals surface area contributed by atoms with Gasteiger partial charge in [0.15, 0.2) is 0 Å². The number of nitrogens with zero attached hydrogens (tertiary/aromatic N) is 4. The van der Waals surface area contributed by atoms with Gasteiger partial charge in [0, 0.05) is 35.6 Å². The van der Waals surface area contributed by atoms with E-state index < -0.39 is 4.92 Å². The van der Waals surface area contributed by atoms with E-state index in [9.17, 15) is 10.1 Å². The summed E-state index contributed by atoms with van der Waals surface area (Å²) < 4.78 is 5.30. The van der Waals surface area contributed by atoms with Gasteiger partial charge in [0.2, 0.25) is 5.82 Å². The second-order valence-electron chi connectivity index (χ2n) is 6.43. The van der Waals surface area contributed by atoms with Crippen molar-refractivity contribution in [1.29, 1.82) is 0 Å². The van der Waals surface area contributed by atoms with Gasteiger partial charge in [-0.3, -0.25) is 15.1 Å². The van der Waals surface area contributed by atoms with Crippen molar-refractivity contribution in [2.24, 2.45) is 0 Å². The van der Waals surface area contributed by atoms with Crippen molar-refractivity contribution in [3.63, 3.8) is 0 Å². The van der Waals surface area contributed by atoms with Gasteiger partial charge in [-0.1, -0.05) is 35.5 Å². The van der Waals surface area contributed by atoms with E-state index in [1.807, 2.05) is 43.3 Å². The maximum Gasteiger partial charge on any atom is 0.293 e. The Morgan fingerprint density at radius 1 is 1.07 bits per heavy atom. The van der Waals surface area contributed by atoms with Gasteiger partial charge < -0.3 is 9.84 Å². The molecule has 8 heteroatoms. The number of nitro benzene ring substituents is 1. The maximum absolute atomic E-state index is 11.6. The minimum Gasteiger partial charge on any atom is -0.373 e. The Hall–Kier alpha value is -4.07. The smallest absolute Gasteiger partial charge is 0.293 e. The van der Waals surface area contributed by atoms with E-state index in [4.69, 9.17) is 4.52 Å². The monoisotopic (exact) mass is 387 g/mol. The lowest BCUT2D eigenvalue weighted by molar-refractivity contribution is -0.383. The van der Waals surface area contributed by atoms with Gasteiger partial charge >= 0.3 is 0 Å². The highest BCUT2D eigenvalue weighted by molar-refractivity contribution is 5.71. The first-order valence-electron chi connectivity index (χ1n) is 8.96. The van der Waals surface area contributed by atoms with Crippen LogP contribution in [0.4, 0.5) is 11.4 Å². The molecule has 0 fully saturated rings. The first-order valence-corrected chi connectivity index (χ1v) is 8.96. The van der Waals surface area contributed by atoms with Gasteiger partial charge in [-0.2, -0.15) is 4.98 Å². The van der Waals surface area contributed by atoms with Crippen LogP contribution in [0.15, 0.2) is 77.6 Å². The van der Waals surface area contributed by atoms with Gasteiger partial charge in [-0.15, -0.1) is 0 Å². The molecule has 4 rings (SSSR count). The molecule has 0 saturated heterocycles. The molecule has 0 saturated carbocycles. The predicted molar refractivity (Wildman–Crippen MR) is 108 cm³/mol. The predicted octanol–water partition coefficient (Wildman–Crippen LogP) is 4.88. The average molecular weight is 387 g/mol. The first kappa shape index (κ1) is 18.3. The fraction of sp³-hybridized carbons (Fsp3) is 0.0952. The van der Waals surface area contributed by atoms with Gasteiger partial charge in [0.25, 0.3) is 11.6 Å². The largest absolute Gasteiger partial charge is 0.373 e. The van der Waals surface area contributed by atoms with Crippen LogP contribution in [-0.2, 0) is 0 Å². The molecule has 0 unspecified atom stereocenters. The Labute approximate surface area is 166 Å². The van der Waals surface area contributed by atoms with Crippen molar-refractivity contribution in [2.45, 2.75) is 13.0 Å². The number of pyridine rings is 1. The quantitative estimate of drug-likeness (QED) is 0.371. The van der Waals surface area contributed by atoms with Crippen LogP contribution in [0.2, 0.25) is 0 Å². The fourth-order valence-corrected chi connectivity index (χ4v) is 2.95. The van der Waals surface area contributed by atoms with Crippen LogP contribution >= 0.6 is 0 Å². The van der Waals surface area contributed by atoms with Gasteiger partial charge in [-0.05, 0) is 36.8 Å². The molecule has 29 heavy (non-hydrogen) atoms. The summed E-state index contributed by atoms with van der Waals surface area (Å²) in [6, 6.07) is 18.0. The summed E-state index contributed by atoms with van der Waals surface area (Å²) in [7, 11) is 0. The Morgan fingerprint density at radius 3 is 2.62 bits per heavy atom. The lowest BCUT2D eigenvalue weighted by Gasteiger charge is -2.16. The molecule has 4 aromatic rings. The molecule has 0 radical (unpaired) electrons. The minimum absolute atomic E-state index is 0.0635. The number of rotatable bonds is 6. The Balaban J connectivity index is 1.63. The Kier molecular flexibility index (Phi) is 4.98. The SMILES string of the molecule is C[C@@H](Nc1ccc(-c2nc(-c3cccnc3)no2)cc1[N+](=O)[O-])c1ccccc1. The van der Waals surface area contributed by atoms with Crippen molar-refractivity contribution >= 4 is 11.4 Å². The van der Waals surface area contributed by atoms with Gasteiger partial charge in [0.05, 0.1) is 4.92 Å². The molecular weight excluding hydrogens is 370 g/mol. The van der Waals surface area contributed by atoms with E-state index >= 15 is 0 Å². The van der Waals surface area contributed by atoms with Gasteiger partial charge in [-0.25, -0.2) is 0 Å². The first-order chi connectivity index (χ1) is 14.1. The molecule has 0 aliphatic heterocycles. The second kappa shape index (κ2) is 7.89. The summed E-state index contributed by atoms with van der Waals surface area (Å²) in [5.74, 6) is 0.574. The number of aromatic nitrogens is 3. The molecular formula is C21H17N5O3. The van der Waals surface area contributed by atoms with E-state index in [0.29, 0.717) is 22.6 Å². The zero-order chi connectivity index (χ0) is 20.2. The molecule has 8 nitrogen and oxygen atoms in total. The topological polar surface area (TPSA) is 107 Å². The van der Waals surface area contributed by atoms with Crippen molar-refractivity contribution in [3.8, 4) is 22.8 Å². The van der Waals surface area contributed by atoms with E-state index in [-0.39, 0.29) is 17.6 Å². The number of hydrogen-bond donors (Lipinski definition) is 1. The molecule has 2 heterocycles. The summed E-state index contributed by atoms with van der Waals surface area (Å²) in [6.45, 7) is 1.95. The average Bonchev–Trinajstić information content (AvgIpc) is 3.25. The highest BCUT2D eigenvalue weighted by Crippen LogP contribution is 2.33. The van der Waals surface area contributed by atoms with E-state index in [2.05, 4.69) is 20.4 Å². The van der Waals surface area contributed by atoms with Crippen LogP contribution in [0.1, 0.15) is 18.5 Å². The van der Waals surface area contributed by atoms with Gasteiger partial charge in [0.1, 0.15) is 5.69 Å². The molecule has 1 N–H and O–H groups in total. The number of nitro groups is 1. The zero-order valence-corrected chi connectivity index (χ0v) is 15.5. The number of benzene rings is 2. The fourth-order valence-electron chi connectivity index (χ4n) is 2.95. The van der Waals surface area contributed by atoms with Crippen molar-refractivity contribution in [1.82, 2.24) is 15.1 Å². The minimum atomic E-state index is -0.429. The normalized spacial score (nSPS) is 11.8.